The average Bonchev–Trinajstić information content (AvgIpc) is 2.73. The van der Waals surface area contributed by atoms with Crippen molar-refractivity contribution in [1.29, 1.82) is 0 Å². The maximum absolute atomic E-state index is 12.7. The topological polar surface area (TPSA) is 67.8 Å². The second kappa shape index (κ2) is 7.45. The molecule has 1 aromatic carbocycles. The Morgan fingerprint density at radius 3 is 2.65 bits per heavy atom. The first kappa shape index (κ1) is 17.0. The molecule has 0 atom stereocenters. The number of nitrogens with zero attached hydrogens (tertiary/aromatic N) is 4. The number of hydrogen-bond acceptors (Lipinski definition) is 6. The van der Waals surface area contributed by atoms with Crippen LogP contribution in [0.4, 0.5) is 5.69 Å². The van der Waals surface area contributed by atoms with E-state index in [1.165, 1.54) is 6.33 Å². The van der Waals surface area contributed by atoms with Gasteiger partial charge in [0.2, 0.25) is 11.8 Å². The quantitative estimate of drug-likeness (QED) is 0.834. The summed E-state index contributed by atoms with van der Waals surface area (Å²) in [5, 5.41) is 0.910. The number of rotatable bonds is 3. The van der Waals surface area contributed by atoms with Gasteiger partial charge >= 0.3 is 0 Å². The van der Waals surface area contributed by atoms with Crippen LogP contribution in [-0.2, 0) is 9.53 Å². The van der Waals surface area contributed by atoms with E-state index in [2.05, 4.69) is 27.0 Å². The van der Waals surface area contributed by atoms with Crippen molar-refractivity contribution >= 4 is 22.5 Å². The molecule has 0 unspecified atom stereocenters. The van der Waals surface area contributed by atoms with Gasteiger partial charge in [0.05, 0.1) is 18.0 Å². The highest BCUT2D eigenvalue weighted by molar-refractivity contribution is 5.86. The molecule has 1 amide bonds. The van der Waals surface area contributed by atoms with Gasteiger partial charge < -0.3 is 19.3 Å². The molecule has 0 bridgehead atoms. The monoisotopic (exact) mass is 356 g/mol. The summed E-state index contributed by atoms with van der Waals surface area (Å²) in [5.74, 6) is 1.02. The minimum atomic E-state index is 0.136. The summed E-state index contributed by atoms with van der Waals surface area (Å²) in [6.45, 7) is 4.59. The first-order valence-electron chi connectivity index (χ1n) is 9.16. The lowest BCUT2D eigenvalue weighted by molar-refractivity contribution is -0.138. The third-order valence-electron chi connectivity index (χ3n) is 5.30. The standard InChI is InChI=1S/C19H24N4O3/c1-25-18-16-12-15(2-3-17(16)20-13-21-18)22-6-8-23(9-7-22)19(24)14-4-10-26-11-5-14/h2-3,12-14H,4-11H2,1H3. The van der Waals surface area contributed by atoms with Gasteiger partial charge in [-0.05, 0) is 31.0 Å². The van der Waals surface area contributed by atoms with Crippen LogP contribution in [0.5, 0.6) is 5.88 Å². The fourth-order valence-electron chi connectivity index (χ4n) is 3.77. The number of amides is 1. The summed E-state index contributed by atoms with van der Waals surface area (Å²) >= 11 is 0. The van der Waals surface area contributed by atoms with Crippen LogP contribution < -0.4 is 9.64 Å². The number of hydrogen-bond donors (Lipinski definition) is 0. The minimum absolute atomic E-state index is 0.136. The van der Waals surface area contributed by atoms with Crippen molar-refractivity contribution in [3.63, 3.8) is 0 Å². The van der Waals surface area contributed by atoms with Crippen LogP contribution in [0.25, 0.3) is 10.9 Å². The molecule has 1 aromatic heterocycles. The molecule has 3 heterocycles. The zero-order chi connectivity index (χ0) is 17.9. The van der Waals surface area contributed by atoms with Crippen molar-refractivity contribution in [1.82, 2.24) is 14.9 Å². The van der Waals surface area contributed by atoms with E-state index in [1.54, 1.807) is 7.11 Å². The molecule has 0 aliphatic carbocycles. The van der Waals surface area contributed by atoms with Crippen LogP contribution >= 0.6 is 0 Å². The van der Waals surface area contributed by atoms with E-state index in [0.717, 1.165) is 55.6 Å². The number of piperazine rings is 1. The molecule has 0 N–H and O–H groups in total. The lowest BCUT2D eigenvalue weighted by Gasteiger charge is -2.38. The Morgan fingerprint density at radius 2 is 1.92 bits per heavy atom. The van der Waals surface area contributed by atoms with Crippen molar-refractivity contribution in [2.75, 3.05) is 51.4 Å². The molecule has 2 fully saturated rings. The predicted octanol–water partition coefficient (Wildman–Crippen LogP) is 1.71. The summed E-state index contributed by atoms with van der Waals surface area (Å²) in [7, 11) is 1.62. The molecule has 2 aromatic rings. The number of fused-ring (bicyclic) bond motifs is 1. The molecule has 2 saturated heterocycles. The molecule has 0 radical (unpaired) electrons. The fraction of sp³-hybridized carbons (Fsp3) is 0.526. The number of ether oxygens (including phenoxy) is 2. The number of carbonyl (C=O) groups excluding carboxylic acids is 1. The van der Waals surface area contributed by atoms with Crippen molar-refractivity contribution in [3.05, 3.63) is 24.5 Å². The third-order valence-corrected chi connectivity index (χ3v) is 5.30. The number of anilines is 1. The number of carbonyl (C=O) groups is 1. The van der Waals surface area contributed by atoms with Crippen LogP contribution in [0.2, 0.25) is 0 Å². The smallest absolute Gasteiger partial charge is 0.225 e. The van der Waals surface area contributed by atoms with E-state index in [1.807, 2.05) is 11.0 Å². The van der Waals surface area contributed by atoms with Crippen LogP contribution in [0.15, 0.2) is 24.5 Å². The highest BCUT2D eigenvalue weighted by atomic mass is 16.5. The summed E-state index contributed by atoms with van der Waals surface area (Å²) in [4.78, 5) is 25.5. The maximum Gasteiger partial charge on any atom is 0.225 e. The van der Waals surface area contributed by atoms with Gasteiger partial charge in [-0.1, -0.05) is 0 Å². The fourth-order valence-corrected chi connectivity index (χ4v) is 3.77. The third kappa shape index (κ3) is 3.31. The van der Waals surface area contributed by atoms with E-state index in [0.29, 0.717) is 25.0 Å². The van der Waals surface area contributed by atoms with Gasteiger partial charge in [0, 0.05) is 51.0 Å². The molecule has 2 aliphatic heterocycles. The van der Waals surface area contributed by atoms with Crippen LogP contribution in [0.3, 0.4) is 0 Å². The van der Waals surface area contributed by atoms with Gasteiger partial charge in [-0.3, -0.25) is 4.79 Å². The highest BCUT2D eigenvalue weighted by Gasteiger charge is 2.28. The second-order valence-electron chi connectivity index (χ2n) is 6.78. The Kier molecular flexibility index (Phi) is 4.88. The molecule has 26 heavy (non-hydrogen) atoms. The van der Waals surface area contributed by atoms with E-state index in [-0.39, 0.29) is 5.92 Å². The van der Waals surface area contributed by atoms with Crippen molar-refractivity contribution < 1.29 is 14.3 Å². The molecule has 7 nitrogen and oxygen atoms in total. The van der Waals surface area contributed by atoms with Gasteiger partial charge in [0.1, 0.15) is 6.33 Å². The number of aromatic nitrogens is 2. The molecule has 0 saturated carbocycles. The summed E-state index contributed by atoms with van der Waals surface area (Å²) in [5.41, 5.74) is 1.98. The molecular formula is C19H24N4O3. The molecular weight excluding hydrogens is 332 g/mol. The molecule has 4 rings (SSSR count). The van der Waals surface area contributed by atoms with Crippen molar-refractivity contribution in [2.45, 2.75) is 12.8 Å². The number of methoxy groups -OCH3 is 1. The van der Waals surface area contributed by atoms with E-state index in [9.17, 15) is 4.79 Å². The van der Waals surface area contributed by atoms with Gasteiger partial charge in [0.25, 0.3) is 0 Å². The zero-order valence-electron chi connectivity index (χ0n) is 15.1. The van der Waals surface area contributed by atoms with Gasteiger partial charge in [-0.15, -0.1) is 0 Å². The zero-order valence-corrected chi connectivity index (χ0v) is 15.1. The minimum Gasteiger partial charge on any atom is -0.480 e. The molecule has 7 heteroatoms. The van der Waals surface area contributed by atoms with E-state index < -0.39 is 0 Å². The molecule has 2 aliphatic rings. The average molecular weight is 356 g/mol. The predicted molar refractivity (Wildman–Crippen MR) is 98.4 cm³/mol. The lowest BCUT2D eigenvalue weighted by Crippen LogP contribution is -2.51. The molecule has 0 spiro atoms. The van der Waals surface area contributed by atoms with Gasteiger partial charge in [-0.2, -0.15) is 0 Å². The van der Waals surface area contributed by atoms with E-state index >= 15 is 0 Å². The Morgan fingerprint density at radius 1 is 1.15 bits per heavy atom. The Labute approximate surface area is 152 Å². The van der Waals surface area contributed by atoms with Crippen LogP contribution in [-0.4, -0.2) is 67.3 Å². The Hall–Kier alpha value is -2.41. The second-order valence-corrected chi connectivity index (χ2v) is 6.78. The number of benzene rings is 1. The normalized spacial score (nSPS) is 19.0. The Bertz CT molecular complexity index is 783. The largest absolute Gasteiger partial charge is 0.480 e. The van der Waals surface area contributed by atoms with Crippen LogP contribution in [0.1, 0.15) is 12.8 Å². The summed E-state index contributed by atoms with van der Waals surface area (Å²) in [6, 6.07) is 6.14. The maximum atomic E-state index is 12.7. The van der Waals surface area contributed by atoms with Gasteiger partial charge in [-0.25, -0.2) is 9.97 Å². The first-order chi connectivity index (χ1) is 12.8. The lowest BCUT2D eigenvalue weighted by atomic mass is 9.98. The van der Waals surface area contributed by atoms with Gasteiger partial charge in [0.15, 0.2) is 0 Å². The van der Waals surface area contributed by atoms with Crippen molar-refractivity contribution in [3.8, 4) is 5.88 Å². The first-order valence-corrected chi connectivity index (χ1v) is 9.16. The Balaban J connectivity index is 1.44. The van der Waals surface area contributed by atoms with Crippen molar-refractivity contribution in [2.24, 2.45) is 5.92 Å². The highest BCUT2D eigenvalue weighted by Crippen LogP contribution is 2.27. The van der Waals surface area contributed by atoms with E-state index in [4.69, 9.17) is 9.47 Å². The van der Waals surface area contributed by atoms with Crippen LogP contribution in [0, 0.1) is 5.92 Å². The molecule has 138 valence electrons. The SMILES string of the molecule is COc1ncnc2ccc(N3CCN(C(=O)C4CCOCC4)CC3)cc12. The summed E-state index contributed by atoms with van der Waals surface area (Å²) < 4.78 is 10.7. The summed E-state index contributed by atoms with van der Waals surface area (Å²) in [6.07, 6.45) is 3.22.